The van der Waals surface area contributed by atoms with Gasteiger partial charge in [0.05, 0.1) is 11.3 Å². The standard InChI is InChI=1S/C14H9F4NO2/c15-10-4-5-12(19-13(20)21)11(7-10)8-2-1-3-9(6-8)14(16,17)18/h1-7,19H,(H,20,21). The zero-order chi connectivity index (χ0) is 15.6. The number of hydrogen-bond acceptors (Lipinski definition) is 1. The molecule has 2 aromatic carbocycles. The Morgan fingerprint density at radius 1 is 1.10 bits per heavy atom. The van der Waals surface area contributed by atoms with Crippen LogP contribution in [0.3, 0.4) is 0 Å². The molecular weight excluding hydrogens is 290 g/mol. The Kier molecular flexibility index (Phi) is 3.84. The normalized spacial score (nSPS) is 11.2. The molecular formula is C14H9F4NO2. The molecule has 0 aliphatic rings. The molecule has 0 fully saturated rings. The van der Waals surface area contributed by atoms with Crippen molar-refractivity contribution in [2.45, 2.75) is 6.18 Å². The maximum Gasteiger partial charge on any atom is 0.416 e. The highest BCUT2D eigenvalue weighted by Gasteiger charge is 2.30. The second-order valence-corrected chi connectivity index (χ2v) is 4.20. The van der Waals surface area contributed by atoms with Gasteiger partial charge in [0.15, 0.2) is 0 Å². The van der Waals surface area contributed by atoms with Crippen LogP contribution in [0.25, 0.3) is 11.1 Å². The Morgan fingerprint density at radius 3 is 2.43 bits per heavy atom. The van der Waals surface area contributed by atoms with Gasteiger partial charge in [-0.3, -0.25) is 5.32 Å². The molecule has 0 bridgehead atoms. The average Bonchev–Trinajstić information content (AvgIpc) is 2.39. The summed E-state index contributed by atoms with van der Waals surface area (Å²) in [6, 6.07) is 7.38. The van der Waals surface area contributed by atoms with E-state index >= 15 is 0 Å². The highest BCUT2D eigenvalue weighted by atomic mass is 19.4. The van der Waals surface area contributed by atoms with Crippen molar-refractivity contribution < 1.29 is 27.5 Å². The molecule has 21 heavy (non-hydrogen) atoms. The monoisotopic (exact) mass is 299 g/mol. The zero-order valence-corrected chi connectivity index (χ0v) is 10.4. The summed E-state index contributed by atoms with van der Waals surface area (Å²) in [5.74, 6) is -0.682. The number of carboxylic acid groups (broad SMARTS) is 1. The first-order chi connectivity index (χ1) is 9.77. The quantitative estimate of drug-likeness (QED) is 0.796. The molecule has 1 amide bonds. The minimum Gasteiger partial charge on any atom is -0.465 e. The molecule has 0 unspecified atom stereocenters. The molecule has 0 atom stereocenters. The van der Waals surface area contributed by atoms with Crippen molar-refractivity contribution in [2.75, 3.05) is 5.32 Å². The molecule has 2 rings (SSSR count). The summed E-state index contributed by atoms with van der Waals surface area (Å²) < 4.78 is 51.4. The minimum absolute atomic E-state index is 0.00299. The largest absolute Gasteiger partial charge is 0.465 e. The first-order valence-electron chi connectivity index (χ1n) is 5.74. The fraction of sp³-hybridized carbons (Fsp3) is 0.0714. The first kappa shape index (κ1) is 14.8. The lowest BCUT2D eigenvalue weighted by atomic mass is 10.0. The van der Waals surface area contributed by atoms with E-state index in [1.165, 1.54) is 12.1 Å². The van der Waals surface area contributed by atoms with Gasteiger partial charge in [0.25, 0.3) is 0 Å². The molecule has 0 aliphatic heterocycles. The lowest BCUT2D eigenvalue weighted by molar-refractivity contribution is -0.137. The van der Waals surface area contributed by atoms with E-state index in [2.05, 4.69) is 0 Å². The molecule has 0 saturated carbocycles. The van der Waals surface area contributed by atoms with E-state index in [0.717, 1.165) is 30.3 Å². The van der Waals surface area contributed by atoms with Crippen molar-refractivity contribution in [3.8, 4) is 11.1 Å². The van der Waals surface area contributed by atoms with Crippen molar-refractivity contribution in [3.63, 3.8) is 0 Å². The molecule has 2 aromatic rings. The number of anilines is 1. The highest BCUT2D eigenvalue weighted by Crippen LogP contribution is 2.34. The summed E-state index contributed by atoms with van der Waals surface area (Å²) >= 11 is 0. The van der Waals surface area contributed by atoms with Crippen LogP contribution in [-0.2, 0) is 6.18 Å². The molecule has 0 radical (unpaired) electrons. The fourth-order valence-corrected chi connectivity index (χ4v) is 1.84. The summed E-state index contributed by atoms with van der Waals surface area (Å²) in [4.78, 5) is 10.7. The van der Waals surface area contributed by atoms with Gasteiger partial charge in [-0.05, 0) is 35.9 Å². The number of amides is 1. The number of benzene rings is 2. The molecule has 0 saturated heterocycles. The van der Waals surface area contributed by atoms with E-state index < -0.39 is 23.7 Å². The molecule has 0 aliphatic carbocycles. The van der Waals surface area contributed by atoms with E-state index in [0.29, 0.717) is 0 Å². The van der Waals surface area contributed by atoms with E-state index in [1.54, 1.807) is 0 Å². The van der Waals surface area contributed by atoms with Crippen LogP contribution < -0.4 is 5.32 Å². The Hall–Kier alpha value is -2.57. The molecule has 0 heterocycles. The summed E-state index contributed by atoms with van der Waals surface area (Å²) in [6.45, 7) is 0. The summed E-state index contributed by atoms with van der Waals surface area (Å²) in [5, 5.41) is 10.7. The maximum atomic E-state index is 13.3. The number of halogens is 4. The number of hydrogen-bond donors (Lipinski definition) is 2. The van der Waals surface area contributed by atoms with Gasteiger partial charge < -0.3 is 5.11 Å². The van der Waals surface area contributed by atoms with Crippen molar-refractivity contribution in [2.24, 2.45) is 0 Å². The molecule has 0 aromatic heterocycles. The summed E-state index contributed by atoms with van der Waals surface area (Å²) in [7, 11) is 0. The Balaban J connectivity index is 2.55. The van der Waals surface area contributed by atoms with Gasteiger partial charge in [0.1, 0.15) is 5.82 Å². The van der Waals surface area contributed by atoms with Gasteiger partial charge in [0.2, 0.25) is 0 Å². The molecule has 0 spiro atoms. The number of nitrogens with one attached hydrogen (secondary N) is 1. The molecule has 2 N–H and O–H groups in total. The van der Waals surface area contributed by atoms with E-state index in [9.17, 15) is 22.4 Å². The third-order valence-electron chi connectivity index (χ3n) is 2.72. The Bertz CT molecular complexity index is 683. The molecule has 3 nitrogen and oxygen atoms in total. The summed E-state index contributed by atoms with van der Waals surface area (Å²) in [5.41, 5.74) is -0.801. The van der Waals surface area contributed by atoms with Crippen LogP contribution in [0.5, 0.6) is 0 Å². The average molecular weight is 299 g/mol. The van der Waals surface area contributed by atoms with E-state index in [1.807, 2.05) is 5.32 Å². The van der Waals surface area contributed by atoms with E-state index in [-0.39, 0.29) is 16.8 Å². The Labute approximate surface area is 116 Å². The van der Waals surface area contributed by atoms with Crippen LogP contribution >= 0.6 is 0 Å². The first-order valence-corrected chi connectivity index (χ1v) is 5.74. The summed E-state index contributed by atoms with van der Waals surface area (Å²) in [6.07, 6.45) is -5.93. The van der Waals surface area contributed by atoms with Crippen LogP contribution in [0, 0.1) is 5.82 Å². The molecule has 7 heteroatoms. The SMILES string of the molecule is O=C(O)Nc1ccc(F)cc1-c1cccc(C(F)(F)F)c1. The van der Waals surface area contributed by atoms with Gasteiger partial charge in [-0.2, -0.15) is 13.2 Å². The van der Waals surface area contributed by atoms with Crippen LogP contribution in [0.1, 0.15) is 5.56 Å². The second kappa shape index (κ2) is 5.43. The number of alkyl halides is 3. The third-order valence-corrected chi connectivity index (χ3v) is 2.72. The minimum atomic E-state index is -4.54. The van der Waals surface area contributed by atoms with Crippen molar-refractivity contribution in [1.29, 1.82) is 0 Å². The van der Waals surface area contributed by atoms with E-state index in [4.69, 9.17) is 5.11 Å². The van der Waals surface area contributed by atoms with Gasteiger partial charge in [-0.15, -0.1) is 0 Å². The lowest BCUT2D eigenvalue weighted by Gasteiger charge is -2.12. The van der Waals surface area contributed by atoms with Crippen molar-refractivity contribution in [1.82, 2.24) is 0 Å². The third kappa shape index (κ3) is 3.50. The van der Waals surface area contributed by atoms with Gasteiger partial charge in [0, 0.05) is 5.56 Å². The topological polar surface area (TPSA) is 49.3 Å². The lowest BCUT2D eigenvalue weighted by Crippen LogP contribution is -2.09. The van der Waals surface area contributed by atoms with Crippen LogP contribution in [-0.4, -0.2) is 11.2 Å². The van der Waals surface area contributed by atoms with Gasteiger partial charge in [-0.1, -0.05) is 12.1 Å². The highest BCUT2D eigenvalue weighted by molar-refractivity contribution is 5.90. The van der Waals surface area contributed by atoms with Crippen molar-refractivity contribution >= 4 is 11.8 Å². The maximum absolute atomic E-state index is 13.3. The smallest absolute Gasteiger partial charge is 0.416 e. The van der Waals surface area contributed by atoms with Crippen LogP contribution in [0.4, 0.5) is 28.0 Å². The molecule has 110 valence electrons. The van der Waals surface area contributed by atoms with Gasteiger partial charge in [-0.25, -0.2) is 9.18 Å². The Morgan fingerprint density at radius 2 is 1.81 bits per heavy atom. The number of rotatable bonds is 2. The predicted octanol–water partition coefficient (Wildman–Crippen LogP) is 4.60. The number of carbonyl (C=O) groups is 1. The van der Waals surface area contributed by atoms with Crippen LogP contribution in [0.2, 0.25) is 0 Å². The van der Waals surface area contributed by atoms with Crippen molar-refractivity contribution in [3.05, 3.63) is 53.8 Å². The van der Waals surface area contributed by atoms with Crippen LogP contribution in [0.15, 0.2) is 42.5 Å². The predicted molar refractivity (Wildman–Crippen MR) is 68.5 cm³/mol. The second-order valence-electron chi connectivity index (χ2n) is 4.20. The van der Waals surface area contributed by atoms with Gasteiger partial charge >= 0.3 is 12.3 Å². The fourth-order valence-electron chi connectivity index (χ4n) is 1.84. The zero-order valence-electron chi connectivity index (χ0n) is 10.4.